The lowest BCUT2D eigenvalue weighted by molar-refractivity contribution is -0.219. The highest BCUT2D eigenvalue weighted by Gasteiger charge is 2.62. The van der Waals surface area contributed by atoms with Gasteiger partial charge in [-0.05, 0) is 33.3 Å². The van der Waals surface area contributed by atoms with E-state index in [2.05, 4.69) is 0 Å². The number of carbonyl (C=O) groups is 1. The molecule has 0 aliphatic carbocycles. The molecule has 0 N–H and O–H groups in total. The van der Waals surface area contributed by atoms with Gasteiger partial charge in [0.1, 0.15) is 5.60 Å². The summed E-state index contributed by atoms with van der Waals surface area (Å²) in [6, 6.07) is 0. The number of rotatable bonds is 4. The van der Waals surface area contributed by atoms with Crippen molar-refractivity contribution in [2.45, 2.75) is 38.7 Å². The molecule has 0 aromatic rings. The summed E-state index contributed by atoms with van der Waals surface area (Å²) >= 11 is 0. The molecule has 26 heavy (non-hydrogen) atoms. The van der Waals surface area contributed by atoms with Crippen molar-refractivity contribution >= 4 is 12.0 Å². The van der Waals surface area contributed by atoms with Gasteiger partial charge in [-0.1, -0.05) is 6.08 Å². The van der Waals surface area contributed by atoms with Gasteiger partial charge < -0.3 is 14.4 Å². The Kier molecular flexibility index (Phi) is 5.78. The smallest absolute Gasteiger partial charge is 0.410 e. The summed E-state index contributed by atoms with van der Waals surface area (Å²) in [6.45, 7) is 5.71. The number of alkyl halides is 2. The molecule has 0 aromatic carbocycles. The number of hydrogen-bond acceptors (Lipinski definition) is 5. The van der Waals surface area contributed by atoms with Gasteiger partial charge in [0.2, 0.25) is 5.76 Å². The van der Waals surface area contributed by atoms with Crippen LogP contribution in [0.1, 0.15) is 27.2 Å². The summed E-state index contributed by atoms with van der Waals surface area (Å²) in [5, 5.41) is 0. The van der Waals surface area contributed by atoms with E-state index in [1.165, 1.54) is 13.2 Å². The first-order chi connectivity index (χ1) is 12.0. The van der Waals surface area contributed by atoms with Crippen LogP contribution in [-0.4, -0.2) is 73.2 Å². The van der Waals surface area contributed by atoms with E-state index in [9.17, 15) is 18.4 Å². The summed E-state index contributed by atoms with van der Waals surface area (Å²) in [5.74, 6) is -1.27. The number of halogens is 2. The lowest BCUT2D eigenvalue weighted by Gasteiger charge is -2.57. The first-order valence-electron chi connectivity index (χ1n) is 8.56. The molecule has 2 heterocycles. The van der Waals surface area contributed by atoms with Gasteiger partial charge in [-0.2, -0.15) is 0 Å². The molecule has 0 unspecified atom stereocenters. The maximum absolute atomic E-state index is 14.7. The number of carbonyl (C=O) groups excluding carboxylic acids is 2. The lowest BCUT2D eigenvalue weighted by Crippen LogP contribution is -2.70. The molecule has 1 spiro atoms. The average molecular weight is 372 g/mol. The van der Waals surface area contributed by atoms with E-state index in [0.29, 0.717) is 6.54 Å². The van der Waals surface area contributed by atoms with Gasteiger partial charge in [0.25, 0.3) is 5.92 Å². The highest BCUT2D eigenvalue weighted by Crippen LogP contribution is 2.50. The Balaban J connectivity index is 1.90. The quantitative estimate of drug-likeness (QED) is 0.431. The maximum atomic E-state index is 14.7. The summed E-state index contributed by atoms with van der Waals surface area (Å²) < 4.78 is 39.4. The zero-order valence-electron chi connectivity index (χ0n) is 15.7. The number of methoxy groups -OCH3 is 1. The number of likely N-dealkylation sites (tertiary alicyclic amines) is 2. The zero-order chi connectivity index (χ0) is 19.6. The largest absolute Gasteiger partial charge is 0.487 e. The molecule has 2 aliphatic rings. The molecule has 2 rings (SSSR count). The number of hydrogen-bond donors (Lipinski definition) is 0. The van der Waals surface area contributed by atoms with E-state index in [1.54, 1.807) is 32.8 Å². The summed E-state index contributed by atoms with van der Waals surface area (Å²) in [5.41, 5.74) is -1.82. The van der Waals surface area contributed by atoms with Crippen LogP contribution < -0.4 is 0 Å². The Morgan fingerprint density at radius 1 is 1.27 bits per heavy atom. The monoisotopic (exact) mass is 372 g/mol. The first kappa shape index (κ1) is 20.4. The number of nitrogens with zero attached hydrogens (tertiary/aromatic N) is 2. The average Bonchev–Trinajstić information content (AvgIpc) is 2.48. The van der Waals surface area contributed by atoms with Crippen molar-refractivity contribution in [2.24, 2.45) is 5.41 Å². The van der Waals surface area contributed by atoms with Crippen molar-refractivity contribution in [3.8, 4) is 0 Å². The summed E-state index contributed by atoms with van der Waals surface area (Å²) in [7, 11) is 1.36. The van der Waals surface area contributed by atoms with Crippen LogP contribution in [0.4, 0.5) is 13.6 Å². The predicted octanol–water partition coefficient (Wildman–Crippen LogP) is 2.48. The molecule has 0 radical (unpaired) electrons. The van der Waals surface area contributed by atoms with Crippen LogP contribution in [0.25, 0.3) is 0 Å². The Morgan fingerprint density at radius 2 is 1.92 bits per heavy atom. The van der Waals surface area contributed by atoms with Gasteiger partial charge in [-0.15, -0.1) is 0 Å². The van der Waals surface area contributed by atoms with Gasteiger partial charge >= 0.3 is 6.09 Å². The molecule has 8 heteroatoms. The highest BCUT2D eigenvalue weighted by atomic mass is 19.3. The molecule has 146 valence electrons. The van der Waals surface area contributed by atoms with Crippen LogP contribution in [0, 0.1) is 5.41 Å². The summed E-state index contributed by atoms with van der Waals surface area (Å²) in [6.07, 6.45) is 2.70. The SMILES string of the molecule is COC(=C=O)/C=C/CN1CC2(CCN(C(=O)OC(C)(C)C)CC2(F)F)C1. The normalized spacial score (nSPS) is 22.0. The fourth-order valence-corrected chi connectivity index (χ4v) is 3.28. The van der Waals surface area contributed by atoms with E-state index in [4.69, 9.17) is 9.47 Å². The maximum Gasteiger partial charge on any atom is 0.410 e. The number of amides is 1. The van der Waals surface area contributed by atoms with Crippen molar-refractivity contribution in [1.82, 2.24) is 9.80 Å². The van der Waals surface area contributed by atoms with Crippen molar-refractivity contribution in [1.29, 1.82) is 0 Å². The second-order valence-electron chi connectivity index (χ2n) is 7.88. The predicted molar refractivity (Wildman–Crippen MR) is 91.6 cm³/mol. The second-order valence-corrected chi connectivity index (χ2v) is 7.88. The van der Waals surface area contributed by atoms with Crippen LogP contribution in [0.3, 0.4) is 0 Å². The fourth-order valence-electron chi connectivity index (χ4n) is 3.28. The van der Waals surface area contributed by atoms with Gasteiger partial charge in [-0.3, -0.25) is 4.90 Å². The van der Waals surface area contributed by atoms with Crippen molar-refractivity contribution in [2.75, 3.05) is 39.8 Å². The third kappa shape index (κ3) is 4.43. The van der Waals surface area contributed by atoms with Crippen LogP contribution in [0.2, 0.25) is 0 Å². The van der Waals surface area contributed by atoms with Crippen molar-refractivity contribution < 1.29 is 27.8 Å². The van der Waals surface area contributed by atoms with Gasteiger partial charge in [0, 0.05) is 26.2 Å². The third-order valence-electron chi connectivity index (χ3n) is 4.68. The second kappa shape index (κ2) is 7.37. The molecule has 2 aliphatic heterocycles. The van der Waals surface area contributed by atoms with Crippen molar-refractivity contribution in [3.63, 3.8) is 0 Å². The van der Waals surface area contributed by atoms with E-state index >= 15 is 0 Å². The molecule has 2 fully saturated rings. The van der Waals surface area contributed by atoms with Crippen LogP contribution in [0.15, 0.2) is 17.9 Å². The van der Waals surface area contributed by atoms with E-state index in [-0.39, 0.29) is 31.8 Å². The Bertz CT molecular complexity index is 615. The number of ether oxygens (including phenoxy) is 2. The number of piperidine rings is 1. The molecule has 1 amide bonds. The van der Waals surface area contributed by atoms with Crippen LogP contribution in [-0.2, 0) is 14.3 Å². The Labute approximate surface area is 152 Å². The van der Waals surface area contributed by atoms with Crippen molar-refractivity contribution in [3.05, 3.63) is 17.9 Å². The Morgan fingerprint density at radius 3 is 2.42 bits per heavy atom. The fraction of sp³-hybridized carbons (Fsp3) is 0.722. The minimum Gasteiger partial charge on any atom is -0.487 e. The molecular weight excluding hydrogens is 346 g/mol. The third-order valence-corrected chi connectivity index (χ3v) is 4.68. The zero-order valence-corrected chi connectivity index (χ0v) is 15.7. The molecule has 0 bridgehead atoms. The number of allylic oxidation sites excluding steroid dienone is 1. The Hall–Kier alpha value is -1.92. The molecule has 0 saturated carbocycles. The minimum atomic E-state index is -2.97. The lowest BCUT2D eigenvalue weighted by atomic mass is 9.69. The van der Waals surface area contributed by atoms with E-state index in [0.717, 1.165) is 4.90 Å². The molecule has 2 saturated heterocycles. The van der Waals surface area contributed by atoms with E-state index < -0.39 is 29.6 Å². The highest BCUT2D eigenvalue weighted by molar-refractivity contribution is 5.68. The molecule has 0 aromatic heterocycles. The van der Waals surface area contributed by atoms with Gasteiger partial charge in [0.15, 0.2) is 5.94 Å². The van der Waals surface area contributed by atoms with Crippen LogP contribution >= 0.6 is 0 Å². The van der Waals surface area contributed by atoms with Gasteiger partial charge in [-0.25, -0.2) is 18.4 Å². The first-order valence-corrected chi connectivity index (χ1v) is 8.56. The topological polar surface area (TPSA) is 59.1 Å². The molecule has 0 atom stereocenters. The molecule has 6 nitrogen and oxygen atoms in total. The minimum absolute atomic E-state index is 0.0660. The standard InChI is InChI=1S/C18H26F2N2O4/c1-16(2,3)26-15(24)22-9-7-17(18(19,20)13-22)11-21(12-17)8-5-6-14(10-23)25-4/h5-6H,7-9,11-13H2,1-4H3/b6-5+. The van der Waals surface area contributed by atoms with E-state index in [1.807, 2.05) is 4.90 Å². The summed E-state index contributed by atoms with van der Waals surface area (Å²) in [4.78, 5) is 25.5. The molecular formula is C18H26F2N2O4. The van der Waals surface area contributed by atoms with Gasteiger partial charge in [0.05, 0.1) is 19.1 Å². The van der Waals surface area contributed by atoms with Crippen LogP contribution in [0.5, 0.6) is 0 Å².